The standard InChI is InChI=1S/C15H13F2NO3S/c1-22(20,21)12-5-6-13(17)14(9-12)18-15(19)8-10-3-2-4-11(16)7-10/h2-7,9H,8H2,1H3,(H,18,19). The molecule has 1 amide bonds. The highest BCUT2D eigenvalue weighted by Crippen LogP contribution is 2.20. The summed E-state index contributed by atoms with van der Waals surface area (Å²) in [6.07, 6.45) is 0.832. The molecule has 116 valence electrons. The molecule has 2 rings (SSSR count). The third-order valence-electron chi connectivity index (χ3n) is 2.89. The highest BCUT2D eigenvalue weighted by Gasteiger charge is 2.13. The Labute approximate surface area is 126 Å². The second-order valence-electron chi connectivity index (χ2n) is 4.77. The van der Waals surface area contributed by atoms with Gasteiger partial charge in [-0.3, -0.25) is 4.79 Å². The second-order valence-corrected chi connectivity index (χ2v) is 6.78. The minimum Gasteiger partial charge on any atom is -0.323 e. The number of anilines is 1. The maximum atomic E-state index is 13.7. The number of carbonyl (C=O) groups is 1. The average Bonchev–Trinajstić information content (AvgIpc) is 2.40. The van der Waals surface area contributed by atoms with E-state index in [1.165, 1.54) is 18.2 Å². The molecule has 0 atom stereocenters. The molecule has 0 spiro atoms. The molecule has 1 N–H and O–H groups in total. The average molecular weight is 325 g/mol. The van der Waals surface area contributed by atoms with Crippen LogP contribution in [-0.2, 0) is 21.1 Å². The molecular weight excluding hydrogens is 312 g/mol. The van der Waals surface area contributed by atoms with Crippen LogP contribution in [0.5, 0.6) is 0 Å². The van der Waals surface area contributed by atoms with Crippen LogP contribution < -0.4 is 5.32 Å². The molecule has 2 aromatic carbocycles. The third-order valence-corrected chi connectivity index (χ3v) is 4.00. The molecule has 0 heterocycles. The van der Waals surface area contributed by atoms with Crippen molar-refractivity contribution in [1.82, 2.24) is 0 Å². The van der Waals surface area contributed by atoms with E-state index < -0.39 is 27.4 Å². The molecule has 0 bridgehead atoms. The summed E-state index contributed by atoms with van der Waals surface area (Å²) in [7, 11) is -3.51. The molecule has 0 radical (unpaired) electrons. The number of sulfone groups is 1. The van der Waals surface area contributed by atoms with E-state index >= 15 is 0 Å². The molecule has 0 aromatic heterocycles. The summed E-state index contributed by atoms with van der Waals surface area (Å²) in [6, 6.07) is 8.60. The molecule has 2 aromatic rings. The Morgan fingerprint density at radius 3 is 2.50 bits per heavy atom. The Morgan fingerprint density at radius 1 is 1.14 bits per heavy atom. The van der Waals surface area contributed by atoms with Crippen molar-refractivity contribution in [2.24, 2.45) is 0 Å². The van der Waals surface area contributed by atoms with Gasteiger partial charge in [0.2, 0.25) is 5.91 Å². The minimum atomic E-state index is -3.51. The Bertz CT molecular complexity index is 819. The SMILES string of the molecule is CS(=O)(=O)c1ccc(F)c(NC(=O)Cc2cccc(F)c2)c1. The van der Waals surface area contributed by atoms with Crippen molar-refractivity contribution in [2.45, 2.75) is 11.3 Å². The summed E-state index contributed by atoms with van der Waals surface area (Å²) in [5.74, 6) is -1.80. The quantitative estimate of drug-likeness (QED) is 0.879. The first-order valence-electron chi connectivity index (χ1n) is 6.29. The summed E-state index contributed by atoms with van der Waals surface area (Å²) in [6.45, 7) is 0. The topological polar surface area (TPSA) is 63.2 Å². The molecule has 0 aliphatic rings. The Morgan fingerprint density at radius 2 is 1.86 bits per heavy atom. The molecule has 0 saturated heterocycles. The van der Waals surface area contributed by atoms with Gasteiger partial charge in [-0.1, -0.05) is 12.1 Å². The fourth-order valence-electron chi connectivity index (χ4n) is 1.86. The highest BCUT2D eigenvalue weighted by molar-refractivity contribution is 7.90. The van der Waals surface area contributed by atoms with Crippen LogP contribution in [0, 0.1) is 11.6 Å². The van der Waals surface area contributed by atoms with E-state index in [1.807, 2.05) is 0 Å². The van der Waals surface area contributed by atoms with Crippen molar-refractivity contribution in [2.75, 3.05) is 11.6 Å². The lowest BCUT2D eigenvalue weighted by molar-refractivity contribution is -0.115. The molecule has 0 aliphatic heterocycles. The van der Waals surface area contributed by atoms with Crippen molar-refractivity contribution in [1.29, 1.82) is 0 Å². The molecule has 4 nitrogen and oxygen atoms in total. The van der Waals surface area contributed by atoms with E-state index in [9.17, 15) is 22.0 Å². The molecule has 7 heteroatoms. The van der Waals surface area contributed by atoms with Gasteiger partial charge in [0.25, 0.3) is 0 Å². The van der Waals surface area contributed by atoms with Crippen LogP contribution in [0.4, 0.5) is 14.5 Å². The third kappa shape index (κ3) is 4.11. The first-order chi connectivity index (χ1) is 10.3. The lowest BCUT2D eigenvalue weighted by atomic mass is 10.1. The van der Waals surface area contributed by atoms with Gasteiger partial charge in [0.05, 0.1) is 17.0 Å². The maximum Gasteiger partial charge on any atom is 0.228 e. The highest BCUT2D eigenvalue weighted by atomic mass is 32.2. The number of benzene rings is 2. The number of halogens is 2. The zero-order chi connectivity index (χ0) is 16.3. The van der Waals surface area contributed by atoms with Gasteiger partial charge in [0.15, 0.2) is 9.84 Å². The van der Waals surface area contributed by atoms with Crippen molar-refractivity contribution in [3.63, 3.8) is 0 Å². The van der Waals surface area contributed by atoms with Crippen LogP contribution in [0.2, 0.25) is 0 Å². The van der Waals surface area contributed by atoms with Gasteiger partial charge in [0, 0.05) is 6.26 Å². The van der Waals surface area contributed by atoms with Crippen molar-refractivity contribution < 1.29 is 22.0 Å². The van der Waals surface area contributed by atoms with Crippen molar-refractivity contribution >= 4 is 21.4 Å². The van der Waals surface area contributed by atoms with Gasteiger partial charge < -0.3 is 5.32 Å². The monoisotopic (exact) mass is 325 g/mol. The van der Waals surface area contributed by atoms with E-state index in [-0.39, 0.29) is 17.0 Å². The Hall–Kier alpha value is -2.28. The predicted octanol–water partition coefficient (Wildman–Crippen LogP) is 2.55. The van der Waals surface area contributed by atoms with E-state index in [0.717, 1.165) is 24.5 Å². The largest absolute Gasteiger partial charge is 0.323 e. The van der Waals surface area contributed by atoms with E-state index in [1.54, 1.807) is 6.07 Å². The number of amides is 1. The van der Waals surface area contributed by atoms with Gasteiger partial charge >= 0.3 is 0 Å². The summed E-state index contributed by atoms with van der Waals surface area (Å²) in [5.41, 5.74) is 0.196. The molecule has 0 unspecified atom stereocenters. The molecule has 22 heavy (non-hydrogen) atoms. The zero-order valence-electron chi connectivity index (χ0n) is 11.6. The van der Waals surface area contributed by atoms with Gasteiger partial charge in [-0.15, -0.1) is 0 Å². The number of rotatable bonds is 4. The Balaban J connectivity index is 2.18. The first-order valence-corrected chi connectivity index (χ1v) is 8.19. The number of nitrogens with one attached hydrogen (secondary N) is 1. The van der Waals surface area contributed by atoms with Gasteiger partial charge in [-0.05, 0) is 35.9 Å². The van der Waals surface area contributed by atoms with Gasteiger partial charge in [-0.25, -0.2) is 17.2 Å². The Kier molecular flexibility index (Phi) is 4.56. The molecule has 0 aliphatic carbocycles. The number of carbonyl (C=O) groups excluding carboxylic acids is 1. The fraction of sp³-hybridized carbons (Fsp3) is 0.133. The lowest BCUT2D eigenvalue weighted by Crippen LogP contribution is -2.16. The summed E-state index contributed by atoms with van der Waals surface area (Å²) in [4.78, 5) is 11.8. The van der Waals surface area contributed by atoms with E-state index in [4.69, 9.17) is 0 Å². The molecule has 0 fully saturated rings. The number of hydrogen-bond donors (Lipinski definition) is 1. The first kappa shape index (κ1) is 16.1. The van der Waals surface area contributed by atoms with E-state index in [2.05, 4.69) is 5.32 Å². The van der Waals surface area contributed by atoms with Crippen LogP contribution >= 0.6 is 0 Å². The summed E-state index contributed by atoms with van der Waals surface area (Å²) < 4.78 is 49.6. The lowest BCUT2D eigenvalue weighted by Gasteiger charge is -2.08. The van der Waals surface area contributed by atoms with E-state index in [0.29, 0.717) is 5.56 Å². The summed E-state index contributed by atoms with van der Waals surface area (Å²) in [5, 5.41) is 2.29. The molecular formula is C15H13F2NO3S. The van der Waals surface area contributed by atoms with Crippen LogP contribution in [-0.4, -0.2) is 20.6 Å². The van der Waals surface area contributed by atoms with Crippen LogP contribution in [0.25, 0.3) is 0 Å². The van der Waals surface area contributed by atoms with Gasteiger partial charge in [-0.2, -0.15) is 0 Å². The summed E-state index contributed by atoms with van der Waals surface area (Å²) >= 11 is 0. The number of hydrogen-bond acceptors (Lipinski definition) is 3. The predicted molar refractivity (Wildman–Crippen MR) is 78.2 cm³/mol. The minimum absolute atomic E-state index is 0.102. The van der Waals surface area contributed by atoms with Crippen LogP contribution in [0.1, 0.15) is 5.56 Å². The zero-order valence-corrected chi connectivity index (χ0v) is 12.5. The van der Waals surface area contributed by atoms with Gasteiger partial charge in [0.1, 0.15) is 11.6 Å². The molecule has 0 saturated carbocycles. The normalized spacial score (nSPS) is 11.2. The smallest absolute Gasteiger partial charge is 0.228 e. The second kappa shape index (κ2) is 6.23. The van der Waals surface area contributed by atoms with Crippen LogP contribution in [0.15, 0.2) is 47.4 Å². The fourth-order valence-corrected chi connectivity index (χ4v) is 2.50. The van der Waals surface area contributed by atoms with Crippen LogP contribution in [0.3, 0.4) is 0 Å². The van der Waals surface area contributed by atoms with Crippen molar-refractivity contribution in [3.8, 4) is 0 Å². The maximum absolute atomic E-state index is 13.7. The van der Waals surface area contributed by atoms with Crippen molar-refractivity contribution in [3.05, 3.63) is 59.7 Å².